The minimum absolute atomic E-state index is 0.230. The first-order valence-electron chi connectivity index (χ1n) is 7.34. The Morgan fingerprint density at radius 3 is 2.86 bits per heavy atom. The van der Waals surface area contributed by atoms with E-state index < -0.39 is 0 Å². The first-order valence-corrected chi connectivity index (χ1v) is 8.14. The molecule has 0 N–H and O–H groups in total. The molecule has 0 amide bonds. The lowest BCUT2D eigenvalue weighted by atomic mass is 10.1. The van der Waals surface area contributed by atoms with Crippen LogP contribution in [0.15, 0.2) is 28.2 Å². The van der Waals surface area contributed by atoms with Crippen molar-refractivity contribution in [3.63, 3.8) is 0 Å². The van der Waals surface area contributed by atoms with Gasteiger partial charge in [0.2, 0.25) is 0 Å². The molecular formula is C17H22BrNO2. The predicted octanol–water partition coefficient (Wildman–Crippen LogP) is 4.26. The molecule has 0 unspecified atom stereocenters. The number of carbonyl (C=O) groups excluding carboxylic acids is 1. The van der Waals surface area contributed by atoms with Crippen molar-refractivity contribution >= 4 is 33.7 Å². The average molecular weight is 352 g/mol. The number of benzene rings is 1. The quantitative estimate of drug-likeness (QED) is 0.759. The summed E-state index contributed by atoms with van der Waals surface area (Å²) in [7, 11) is 1.44. The van der Waals surface area contributed by atoms with Crippen molar-refractivity contribution in [1.29, 1.82) is 0 Å². The van der Waals surface area contributed by atoms with Gasteiger partial charge in [-0.1, -0.05) is 29.8 Å². The molecule has 0 bridgehead atoms. The second-order valence-corrected chi connectivity index (χ2v) is 6.70. The Hall–Kier alpha value is -1.29. The first kappa shape index (κ1) is 16.1. The van der Waals surface area contributed by atoms with Gasteiger partial charge in [0.05, 0.1) is 7.11 Å². The molecule has 0 saturated carbocycles. The van der Waals surface area contributed by atoms with Crippen molar-refractivity contribution in [2.24, 2.45) is 5.92 Å². The molecule has 4 heteroatoms. The molecule has 0 atom stereocenters. The van der Waals surface area contributed by atoms with E-state index in [0.29, 0.717) is 5.92 Å². The summed E-state index contributed by atoms with van der Waals surface area (Å²) < 4.78 is 5.91. The highest BCUT2D eigenvalue weighted by Gasteiger charge is 2.20. The number of rotatable bonds is 4. The van der Waals surface area contributed by atoms with Gasteiger partial charge in [0.1, 0.15) is 0 Å². The Morgan fingerprint density at radius 2 is 2.19 bits per heavy atom. The highest BCUT2D eigenvalue weighted by atomic mass is 79.9. The van der Waals surface area contributed by atoms with Gasteiger partial charge in [0.25, 0.3) is 0 Å². The van der Waals surface area contributed by atoms with Gasteiger partial charge in [-0.2, -0.15) is 0 Å². The van der Waals surface area contributed by atoms with E-state index >= 15 is 0 Å². The molecule has 21 heavy (non-hydrogen) atoms. The molecule has 114 valence electrons. The Kier molecular flexibility index (Phi) is 5.45. The molecule has 1 heterocycles. The Bertz CT molecular complexity index is 552. The van der Waals surface area contributed by atoms with Crippen LogP contribution >= 0.6 is 15.9 Å². The first-order chi connectivity index (χ1) is 10.0. The summed E-state index contributed by atoms with van der Waals surface area (Å²) >= 11 is 3.51. The number of anilines is 1. The van der Waals surface area contributed by atoms with Crippen LogP contribution in [0, 0.1) is 5.92 Å². The lowest BCUT2D eigenvalue weighted by Crippen LogP contribution is -2.27. The third-order valence-corrected chi connectivity index (χ3v) is 4.23. The van der Waals surface area contributed by atoms with Crippen LogP contribution in [0.3, 0.4) is 0 Å². The highest BCUT2D eigenvalue weighted by Crippen LogP contribution is 2.31. The number of hydrogen-bond donors (Lipinski definition) is 0. The molecule has 1 aromatic rings. The molecule has 0 spiro atoms. The summed E-state index contributed by atoms with van der Waals surface area (Å²) in [5.74, 6) is 0.437. The number of halogens is 1. The van der Waals surface area contributed by atoms with Crippen LogP contribution in [0.4, 0.5) is 5.69 Å². The van der Waals surface area contributed by atoms with Gasteiger partial charge in [-0.15, -0.1) is 0 Å². The summed E-state index contributed by atoms with van der Waals surface area (Å²) in [6.07, 6.45) is 3.82. The van der Waals surface area contributed by atoms with E-state index in [-0.39, 0.29) is 5.97 Å². The fraction of sp³-hybridized carbons (Fsp3) is 0.471. The van der Waals surface area contributed by atoms with Crippen LogP contribution in [0.25, 0.3) is 6.08 Å². The average Bonchev–Trinajstić information content (AvgIpc) is 2.63. The zero-order chi connectivity index (χ0) is 15.4. The van der Waals surface area contributed by atoms with Gasteiger partial charge >= 0.3 is 5.97 Å². The monoisotopic (exact) mass is 351 g/mol. The molecular weight excluding hydrogens is 330 g/mol. The molecule has 0 aromatic heterocycles. The molecule has 1 aromatic carbocycles. The second kappa shape index (κ2) is 7.12. The van der Waals surface area contributed by atoms with Gasteiger partial charge in [-0.25, -0.2) is 4.79 Å². The summed E-state index contributed by atoms with van der Waals surface area (Å²) in [6.45, 7) is 6.33. The van der Waals surface area contributed by atoms with E-state index in [1.165, 1.54) is 12.8 Å². The second-order valence-electron chi connectivity index (χ2n) is 5.78. The molecule has 0 aliphatic carbocycles. The van der Waals surface area contributed by atoms with E-state index in [1.54, 1.807) is 0 Å². The van der Waals surface area contributed by atoms with Crippen LogP contribution in [-0.4, -0.2) is 26.2 Å². The van der Waals surface area contributed by atoms with E-state index in [1.807, 2.05) is 6.08 Å². The molecule has 3 nitrogen and oxygen atoms in total. The summed E-state index contributed by atoms with van der Waals surface area (Å²) in [6, 6.07) is 6.24. The Labute approximate surface area is 135 Å². The van der Waals surface area contributed by atoms with Gasteiger partial charge in [0, 0.05) is 28.8 Å². The molecule has 1 aliphatic rings. The van der Waals surface area contributed by atoms with Crippen LogP contribution in [-0.2, 0) is 9.53 Å². The number of esters is 1. The van der Waals surface area contributed by atoms with Gasteiger partial charge in [-0.3, -0.25) is 0 Å². The highest BCUT2D eigenvalue weighted by molar-refractivity contribution is 9.10. The fourth-order valence-electron chi connectivity index (χ4n) is 2.50. The number of fused-ring (bicyclic) bond motifs is 1. The summed E-state index contributed by atoms with van der Waals surface area (Å²) in [4.78, 5) is 14.2. The standard InChI is InChI=1S/C17H22BrNO2/c1-12(2)6-8-19-9-7-13(17(20)21-3)10-14-11-15(18)4-5-16(14)19/h4-5,10-12H,6-9H2,1-3H3. The zero-order valence-electron chi connectivity index (χ0n) is 12.9. The van der Waals surface area contributed by atoms with Crippen LogP contribution in [0.2, 0.25) is 0 Å². The number of ether oxygens (including phenoxy) is 1. The lowest BCUT2D eigenvalue weighted by molar-refractivity contribution is -0.136. The molecule has 2 rings (SSSR count). The third kappa shape index (κ3) is 4.10. The van der Waals surface area contributed by atoms with Crippen LogP contribution in [0.1, 0.15) is 32.3 Å². The van der Waals surface area contributed by atoms with E-state index in [9.17, 15) is 4.79 Å². The maximum atomic E-state index is 11.9. The number of nitrogens with zero attached hydrogens (tertiary/aromatic N) is 1. The van der Waals surface area contributed by atoms with Gasteiger partial charge in [-0.05, 0) is 48.6 Å². The maximum absolute atomic E-state index is 11.9. The van der Waals surface area contributed by atoms with Crippen molar-refractivity contribution < 1.29 is 9.53 Å². The molecule has 1 aliphatic heterocycles. The Balaban J connectivity index is 2.33. The SMILES string of the molecule is COC(=O)C1=Cc2cc(Br)ccc2N(CCC(C)C)CC1. The zero-order valence-corrected chi connectivity index (χ0v) is 14.4. The summed E-state index contributed by atoms with van der Waals surface area (Å²) in [5, 5.41) is 0. The van der Waals surface area contributed by atoms with Crippen molar-refractivity contribution in [3.05, 3.63) is 33.8 Å². The maximum Gasteiger partial charge on any atom is 0.333 e. The van der Waals surface area contributed by atoms with Crippen molar-refractivity contribution in [2.75, 3.05) is 25.1 Å². The topological polar surface area (TPSA) is 29.5 Å². The smallest absolute Gasteiger partial charge is 0.333 e. The molecule has 0 saturated heterocycles. The largest absolute Gasteiger partial charge is 0.466 e. The van der Waals surface area contributed by atoms with Gasteiger partial charge in [0.15, 0.2) is 0 Å². The normalized spacial score (nSPS) is 14.5. The minimum Gasteiger partial charge on any atom is -0.466 e. The van der Waals surface area contributed by atoms with Crippen LogP contribution in [0.5, 0.6) is 0 Å². The van der Waals surface area contributed by atoms with E-state index in [4.69, 9.17) is 4.74 Å². The van der Waals surface area contributed by atoms with E-state index in [2.05, 4.69) is 52.9 Å². The van der Waals surface area contributed by atoms with E-state index in [0.717, 1.165) is 41.5 Å². The Morgan fingerprint density at radius 1 is 1.43 bits per heavy atom. The third-order valence-electron chi connectivity index (χ3n) is 3.74. The number of hydrogen-bond acceptors (Lipinski definition) is 3. The van der Waals surface area contributed by atoms with Crippen molar-refractivity contribution in [1.82, 2.24) is 0 Å². The van der Waals surface area contributed by atoms with Crippen LogP contribution < -0.4 is 4.90 Å². The lowest BCUT2D eigenvalue weighted by Gasteiger charge is -2.26. The predicted molar refractivity (Wildman–Crippen MR) is 90.4 cm³/mol. The van der Waals surface area contributed by atoms with Crippen molar-refractivity contribution in [3.8, 4) is 0 Å². The number of methoxy groups -OCH3 is 1. The molecule has 0 fully saturated rings. The minimum atomic E-state index is -0.230. The number of carbonyl (C=O) groups is 1. The van der Waals surface area contributed by atoms with Crippen molar-refractivity contribution in [2.45, 2.75) is 26.7 Å². The molecule has 0 radical (unpaired) electrons. The summed E-state index contributed by atoms with van der Waals surface area (Å²) in [5.41, 5.74) is 3.01. The van der Waals surface area contributed by atoms with Gasteiger partial charge < -0.3 is 9.64 Å². The fourth-order valence-corrected chi connectivity index (χ4v) is 2.88.